The van der Waals surface area contributed by atoms with Gasteiger partial charge in [-0.15, -0.1) is 0 Å². The summed E-state index contributed by atoms with van der Waals surface area (Å²) in [5.74, 6) is -1.75. The van der Waals surface area contributed by atoms with E-state index in [1.54, 1.807) is 13.8 Å². The van der Waals surface area contributed by atoms with Gasteiger partial charge in [0, 0.05) is 13.7 Å². The Kier molecular flexibility index (Phi) is 4.15. The van der Waals surface area contributed by atoms with E-state index >= 15 is 0 Å². The maximum absolute atomic E-state index is 11.8. The van der Waals surface area contributed by atoms with Gasteiger partial charge in [-0.25, -0.2) is 17.9 Å². The molecular formula is C10H15NO6S. The highest BCUT2D eigenvalue weighted by atomic mass is 32.2. The minimum Gasteiger partial charge on any atom is -0.475 e. The SMILES string of the molecule is COC(C)(C)CNS(=O)(=O)c1ccc(C(=O)O)o1. The molecule has 8 heteroatoms. The zero-order chi connectivity index (χ0) is 14.0. The molecule has 18 heavy (non-hydrogen) atoms. The van der Waals surface area contributed by atoms with Gasteiger partial charge < -0.3 is 14.3 Å². The maximum atomic E-state index is 11.8. The molecule has 0 atom stereocenters. The van der Waals surface area contributed by atoms with Crippen LogP contribution in [-0.2, 0) is 14.8 Å². The van der Waals surface area contributed by atoms with Crippen molar-refractivity contribution < 1.29 is 27.5 Å². The molecule has 2 N–H and O–H groups in total. The molecule has 0 saturated carbocycles. The van der Waals surface area contributed by atoms with Crippen LogP contribution in [0.1, 0.15) is 24.4 Å². The summed E-state index contributed by atoms with van der Waals surface area (Å²) >= 11 is 0. The lowest BCUT2D eigenvalue weighted by atomic mass is 10.1. The first-order chi connectivity index (χ1) is 8.18. The number of carbonyl (C=O) groups is 1. The van der Waals surface area contributed by atoms with Gasteiger partial charge in [-0.3, -0.25) is 0 Å². The largest absolute Gasteiger partial charge is 0.475 e. The van der Waals surface area contributed by atoms with Crippen molar-refractivity contribution in [3.63, 3.8) is 0 Å². The molecule has 0 unspecified atom stereocenters. The van der Waals surface area contributed by atoms with Crippen LogP contribution >= 0.6 is 0 Å². The van der Waals surface area contributed by atoms with Crippen molar-refractivity contribution in [2.24, 2.45) is 0 Å². The van der Waals surface area contributed by atoms with Gasteiger partial charge in [0.2, 0.25) is 10.9 Å². The average Bonchev–Trinajstić information content (AvgIpc) is 2.77. The highest BCUT2D eigenvalue weighted by molar-refractivity contribution is 7.89. The first kappa shape index (κ1) is 14.7. The number of rotatable bonds is 6. The fraction of sp³-hybridized carbons (Fsp3) is 0.500. The highest BCUT2D eigenvalue weighted by Crippen LogP contribution is 2.15. The zero-order valence-electron chi connectivity index (χ0n) is 10.3. The Balaban J connectivity index is 2.83. The number of furan rings is 1. The van der Waals surface area contributed by atoms with Crippen molar-refractivity contribution in [3.8, 4) is 0 Å². The van der Waals surface area contributed by atoms with Gasteiger partial charge in [-0.1, -0.05) is 0 Å². The number of aromatic carboxylic acids is 1. The van der Waals surface area contributed by atoms with Gasteiger partial charge in [-0.05, 0) is 26.0 Å². The van der Waals surface area contributed by atoms with E-state index in [-0.39, 0.29) is 6.54 Å². The van der Waals surface area contributed by atoms with Crippen LogP contribution in [0.3, 0.4) is 0 Å². The highest BCUT2D eigenvalue weighted by Gasteiger charge is 2.24. The van der Waals surface area contributed by atoms with Crippen molar-refractivity contribution in [2.75, 3.05) is 13.7 Å². The topological polar surface area (TPSA) is 106 Å². The van der Waals surface area contributed by atoms with E-state index in [1.165, 1.54) is 7.11 Å². The molecule has 1 rings (SSSR count). The van der Waals surface area contributed by atoms with Crippen molar-refractivity contribution >= 4 is 16.0 Å². The molecule has 0 radical (unpaired) electrons. The van der Waals surface area contributed by atoms with Gasteiger partial charge >= 0.3 is 5.97 Å². The second kappa shape index (κ2) is 5.09. The summed E-state index contributed by atoms with van der Waals surface area (Å²) in [6.07, 6.45) is 0. The van der Waals surface area contributed by atoms with E-state index in [2.05, 4.69) is 4.72 Å². The number of nitrogens with one attached hydrogen (secondary N) is 1. The van der Waals surface area contributed by atoms with Gasteiger partial charge in [0.15, 0.2) is 0 Å². The Morgan fingerprint density at radius 1 is 1.50 bits per heavy atom. The van der Waals surface area contributed by atoms with Crippen LogP contribution in [0.25, 0.3) is 0 Å². The summed E-state index contributed by atoms with van der Waals surface area (Å²) < 4.78 is 35.6. The summed E-state index contributed by atoms with van der Waals surface area (Å²) in [5, 5.41) is 8.19. The summed E-state index contributed by atoms with van der Waals surface area (Å²) in [5.41, 5.74) is -0.671. The standard InChI is InChI=1S/C10H15NO6S/c1-10(2,16-3)6-11-18(14,15)8-5-4-7(17-8)9(12)13/h4-5,11H,6H2,1-3H3,(H,12,13). The second-order valence-electron chi connectivity index (χ2n) is 4.21. The molecule has 0 amide bonds. The van der Waals surface area contributed by atoms with Crippen LogP contribution in [0, 0.1) is 0 Å². The van der Waals surface area contributed by atoms with Crippen molar-refractivity contribution in [3.05, 3.63) is 17.9 Å². The Morgan fingerprint density at radius 3 is 2.56 bits per heavy atom. The van der Waals surface area contributed by atoms with E-state index in [4.69, 9.17) is 14.3 Å². The predicted octanol–water partition coefficient (Wildman–Crippen LogP) is 0.681. The number of hydrogen-bond donors (Lipinski definition) is 2. The number of ether oxygens (including phenoxy) is 1. The van der Waals surface area contributed by atoms with Gasteiger partial charge in [0.1, 0.15) is 0 Å². The molecule has 1 heterocycles. The third-order valence-electron chi connectivity index (χ3n) is 2.30. The number of hydrogen-bond acceptors (Lipinski definition) is 5. The Morgan fingerprint density at radius 2 is 2.11 bits per heavy atom. The number of sulfonamides is 1. The predicted molar refractivity (Wildman–Crippen MR) is 61.9 cm³/mol. The lowest BCUT2D eigenvalue weighted by molar-refractivity contribution is 0.0275. The molecule has 0 aliphatic heterocycles. The van der Waals surface area contributed by atoms with Crippen molar-refractivity contribution in [1.82, 2.24) is 4.72 Å². The molecular weight excluding hydrogens is 262 g/mol. The first-order valence-electron chi connectivity index (χ1n) is 5.06. The fourth-order valence-corrected chi connectivity index (χ4v) is 2.12. The van der Waals surface area contributed by atoms with E-state index in [0.717, 1.165) is 12.1 Å². The number of methoxy groups -OCH3 is 1. The molecule has 0 fully saturated rings. The van der Waals surface area contributed by atoms with Crippen LogP contribution in [0.15, 0.2) is 21.6 Å². The van der Waals surface area contributed by atoms with Crippen molar-refractivity contribution in [1.29, 1.82) is 0 Å². The van der Waals surface area contributed by atoms with Crippen molar-refractivity contribution in [2.45, 2.75) is 24.5 Å². The fourth-order valence-electron chi connectivity index (χ4n) is 0.992. The van der Waals surface area contributed by atoms with E-state index in [0.29, 0.717) is 0 Å². The molecule has 102 valence electrons. The maximum Gasteiger partial charge on any atom is 0.371 e. The first-order valence-corrected chi connectivity index (χ1v) is 6.54. The average molecular weight is 277 g/mol. The molecule has 0 aliphatic rings. The monoisotopic (exact) mass is 277 g/mol. The van der Waals surface area contributed by atoms with E-state index in [1.807, 2.05) is 0 Å². The van der Waals surface area contributed by atoms with Gasteiger partial charge in [-0.2, -0.15) is 0 Å². The van der Waals surface area contributed by atoms with Gasteiger partial charge in [0.25, 0.3) is 10.0 Å². The molecule has 0 aliphatic carbocycles. The molecule has 0 spiro atoms. The normalized spacial score (nSPS) is 12.6. The molecule has 0 aromatic carbocycles. The number of carboxylic acid groups (broad SMARTS) is 1. The zero-order valence-corrected chi connectivity index (χ0v) is 11.1. The van der Waals surface area contributed by atoms with E-state index < -0.39 is 32.4 Å². The van der Waals surface area contributed by atoms with Gasteiger partial charge in [0.05, 0.1) is 5.60 Å². The molecule has 7 nitrogen and oxygen atoms in total. The molecule has 0 saturated heterocycles. The van der Waals surface area contributed by atoms with Crippen LogP contribution < -0.4 is 4.72 Å². The lowest BCUT2D eigenvalue weighted by Crippen LogP contribution is -2.39. The summed E-state index contributed by atoms with van der Waals surface area (Å²) in [6, 6.07) is 2.17. The van der Waals surface area contributed by atoms with Crippen LogP contribution in [0.2, 0.25) is 0 Å². The summed E-state index contributed by atoms with van der Waals surface area (Å²) in [4.78, 5) is 10.6. The molecule has 1 aromatic rings. The summed E-state index contributed by atoms with van der Waals surface area (Å²) in [6.45, 7) is 3.45. The Hall–Kier alpha value is -1.38. The minimum atomic E-state index is -3.88. The third kappa shape index (κ3) is 3.56. The van der Waals surface area contributed by atoms with Crippen LogP contribution in [0.5, 0.6) is 0 Å². The van der Waals surface area contributed by atoms with Crippen LogP contribution in [-0.4, -0.2) is 38.7 Å². The van der Waals surface area contributed by atoms with Crippen LogP contribution in [0.4, 0.5) is 0 Å². The van der Waals surface area contributed by atoms with E-state index in [9.17, 15) is 13.2 Å². The quantitative estimate of drug-likeness (QED) is 0.792. The Labute approximate surface area is 105 Å². The Bertz CT molecular complexity index is 530. The summed E-state index contributed by atoms with van der Waals surface area (Å²) in [7, 11) is -2.41. The second-order valence-corrected chi connectivity index (χ2v) is 5.91. The molecule has 1 aromatic heterocycles. The minimum absolute atomic E-state index is 0.0366. The lowest BCUT2D eigenvalue weighted by Gasteiger charge is -2.22. The molecule has 0 bridgehead atoms. The third-order valence-corrected chi connectivity index (χ3v) is 3.57. The smallest absolute Gasteiger partial charge is 0.371 e. The number of carboxylic acids is 1.